The molecule has 0 aromatic heterocycles. The number of piperidine rings is 1. The predicted molar refractivity (Wildman–Crippen MR) is 104 cm³/mol. The molecule has 0 amide bonds. The van der Waals surface area contributed by atoms with Crippen molar-refractivity contribution < 1.29 is 31.1 Å². The van der Waals surface area contributed by atoms with E-state index in [4.69, 9.17) is 10.00 Å². The van der Waals surface area contributed by atoms with Crippen molar-refractivity contribution in [1.29, 1.82) is 5.26 Å². The Morgan fingerprint density at radius 1 is 1.10 bits per heavy atom. The zero-order chi connectivity index (χ0) is 22.6. The van der Waals surface area contributed by atoms with E-state index in [1.165, 1.54) is 6.07 Å². The first-order valence-electron chi connectivity index (χ1n) is 9.45. The first-order valence-corrected chi connectivity index (χ1v) is 10.9. The van der Waals surface area contributed by atoms with Gasteiger partial charge in [-0.25, -0.2) is 8.42 Å². The van der Waals surface area contributed by atoms with E-state index in [9.17, 15) is 26.4 Å². The van der Waals surface area contributed by atoms with Gasteiger partial charge in [0.05, 0.1) is 28.0 Å². The van der Waals surface area contributed by atoms with Gasteiger partial charge in [-0.2, -0.15) is 22.7 Å². The van der Waals surface area contributed by atoms with Crippen LogP contribution in [-0.4, -0.2) is 31.8 Å². The first-order chi connectivity index (χ1) is 14.6. The van der Waals surface area contributed by atoms with E-state index in [1.807, 2.05) is 6.07 Å². The number of esters is 1. The molecule has 1 aliphatic heterocycles. The summed E-state index contributed by atoms with van der Waals surface area (Å²) in [5.41, 5.74) is -0.0224. The highest BCUT2D eigenvalue weighted by Gasteiger charge is 2.40. The molecule has 0 aliphatic carbocycles. The monoisotopic (exact) mass is 452 g/mol. The lowest BCUT2D eigenvalue weighted by atomic mass is 9.98. The van der Waals surface area contributed by atoms with E-state index in [0.717, 1.165) is 22.5 Å². The van der Waals surface area contributed by atoms with Crippen molar-refractivity contribution in [2.24, 2.45) is 5.92 Å². The van der Waals surface area contributed by atoms with Crippen molar-refractivity contribution >= 4 is 16.0 Å². The van der Waals surface area contributed by atoms with Gasteiger partial charge in [-0.15, -0.1) is 0 Å². The van der Waals surface area contributed by atoms with Gasteiger partial charge in [-0.05, 0) is 42.7 Å². The van der Waals surface area contributed by atoms with Crippen molar-refractivity contribution in [3.63, 3.8) is 0 Å². The maximum atomic E-state index is 13.2. The lowest BCUT2D eigenvalue weighted by Gasteiger charge is -2.30. The van der Waals surface area contributed by atoms with Crippen molar-refractivity contribution in [3.05, 3.63) is 65.2 Å². The minimum atomic E-state index is -4.79. The van der Waals surface area contributed by atoms with Gasteiger partial charge < -0.3 is 4.74 Å². The molecule has 1 aliphatic rings. The zero-order valence-corrected chi connectivity index (χ0v) is 17.1. The smallest absolute Gasteiger partial charge is 0.417 e. The quantitative estimate of drug-likeness (QED) is 0.646. The number of hydrogen-bond donors (Lipinski definition) is 0. The minimum Gasteiger partial charge on any atom is -0.461 e. The number of rotatable bonds is 5. The molecule has 1 heterocycles. The number of sulfonamides is 1. The Morgan fingerprint density at radius 2 is 1.71 bits per heavy atom. The van der Waals surface area contributed by atoms with Crippen LogP contribution < -0.4 is 0 Å². The van der Waals surface area contributed by atoms with Gasteiger partial charge in [0.25, 0.3) is 0 Å². The lowest BCUT2D eigenvalue weighted by molar-refractivity contribution is -0.151. The average Bonchev–Trinajstić information content (AvgIpc) is 2.77. The van der Waals surface area contributed by atoms with Crippen molar-refractivity contribution in [2.75, 3.05) is 13.1 Å². The van der Waals surface area contributed by atoms with Gasteiger partial charge in [0.1, 0.15) is 6.61 Å². The fourth-order valence-corrected chi connectivity index (χ4v) is 5.03. The maximum absolute atomic E-state index is 13.2. The molecule has 0 spiro atoms. The summed E-state index contributed by atoms with van der Waals surface area (Å²) in [5, 5.41) is 8.79. The van der Waals surface area contributed by atoms with E-state index in [1.54, 1.807) is 24.3 Å². The van der Waals surface area contributed by atoms with Crippen LogP contribution in [-0.2, 0) is 32.3 Å². The Bertz CT molecular complexity index is 1080. The topological polar surface area (TPSA) is 87.5 Å². The number of nitriles is 1. The Kier molecular flexibility index (Phi) is 6.67. The van der Waals surface area contributed by atoms with E-state index < -0.39 is 38.5 Å². The van der Waals surface area contributed by atoms with E-state index >= 15 is 0 Å². The van der Waals surface area contributed by atoms with Crippen molar-refractivity contribution in [2.45, 2.75) is 30.5 Å². The summed E-state index contributed by atoms with van der Waals surface area (Å²) in [5.74, 6) is -1.03. The summed E-state index contributed by atoms with van der Waals surface area (Å²) in [7, 11) is -4.35. The molecule has 2 aromatic carbocycles. The molecule has 3 rings (SSSR count). The molecule has 31 heavy (non-hydrogen) atoms. The summed E-state index contributed by atoms with van der Waals surface area (Å²) in [6.45, 7) is -0.141. The molecule has 0 atom stereocenters. The summed E-state index contributed by atoms with van der Waals surface area (Å²) in [6.07, 6.45) is -4.49. The van der Waals surface area contributed by atoms with Gasteiger partial charge in [-0.1, -0.05) is 24.3 Å². The molecular formula is C21H19F3N2O4S. The van der Waals surface area contributed by atoms with Crippen LogP contribution in [0, 0.1) is 17.2 Å². The Labute approximate surface area is 177 Å². The third kappa shape index (κ3) is 5.24. The number of alkyl halides is 3. The standard InChI is InChI=1S/C21H19F3N2O4S/c22-21(23,24)18-3-1-2-4-19(18)31(28,29)26-11-9-17(10-12-26)20(27)30-14-16-7-5-15(13-25)6-8-16/h1-8,17H,9-12,14H2. The SMILES string of the molecule is N#Cc1ccc(COC(=O)C2CCN(S(=O)(=O)c3ccccc3C(F)(F)F)CC2)cc1. The summed E-state index contributed by atoms with van der Waals surface area (Å²) in [6, 6.07) is 12.6. The molecule has 1 fully saturated rings. The summed E-state index contributed by atoms with van der Waals surface area (Å²) >= 11 is 0. The number of carbonyl (C=O) groups excluding carboxylic acids is 1. The third-order valence-corrected chi connectivity index (χ3v) is 7.02. The van der Waals surface area contributed by atoms with Crippen LogP contribution in [0.4, 0.5) is 13.2 Å². The van der Waals surface area contributed by atoms with E-state index in [0.29, 0.717) is 11.1 Å². The Hall–Kier alpha value is -2.90. The van der Waals surface area contributed by atoms with Crippen LogP contribution >= 0.6 is 0 Å². The van der Waals surface area contributed by atoms with E-state index in [2.05, 4.69) is 0 Å². The molecule has 0 radical (unpaired) electrons. The minimum absolute atomic E-state index is 0.0159. The first kappa shape index (κ1) is 22.8. The second-order valence-corrected chi connectivity index (χ2v) is 9.00. The Morgan fingerprint density at radius 3 is 2.29 bits per heavy atom. The number of carbonyl (C=O) groups is 1. The largest absolute Gasteiger partial charge is 0.461 e. The van der Waals surface area contributed by atoms with Crippen LogP contribution in [0.15, 0.2) is 53.4 Å². The highest BCUT2D eigenvalue weighted by Crippen LogP contribution is 2.36. The number of halogens is 3. The zero-order valence-electron chi connectivity index (χ0n) is 16.3. The van der Waals surface area contributed by atoms with Gasteiger partial charge >= 0.3 is 12.1 Å². The summed E-state index contributed by atoms with van der Waals surface area (Å²) in [4.78, 5) is 11.5. The van der Waals surface area contributed by atoms with Crippen LogP contribution in [0.1, 0.15) is 29.5 Å². The van der Waals surface area contributed by atoms with Gasteiger partial charge in [0.2, 0.25) is 10.0 Å². The molecular weight excluding hydrogens is 433 g/mol. The van der Waals surface area contributed by atoms with Crippen molar-refractivity contribution in [3.8, 4) is 6.07 Å². The molecule has 2 aromatic rings. The lowest BCUT2D eigenvalue weighted by Crippen LogP contribution is -2.41. The van der Waals surface area contributed by atoms with Crippen molar-refractivity contribution in [1.82, 2.24) is 4.31 Å². The van der Waals surface area contributed by atoms with Gasteiger partial charge in [0.15, 0.2) is 0 Å². The third-order valence-electron chi connectivity index (χ3n) is 5.06. The molecule has 164 valence electrons. The molecule has 6 nitrogen and oxygen atoms in total. The molecule has 0 unspecified atom stereocenters. The highest BCUT2D eigenvalue weighted by molar-refractivity contribution is 7.89. The van der Waals surface area contributed by atoms with Crippen LogP contribution in [0.3, 0.4) is 0 Å². The fraction of sp³-hybridized carbons (Fsp3) is 0.333. The fourth-order valence-electron chi connectivity index (χ4n) is 3.34. The number of benzene rings is 2. The second kappa shape index (κ2) is 9.08. The molecule has 0 bridgehead atoms. The predicted octanol–water partition coefficient (Wildman–Crippen LogP) is 3.72. The van der Waals surface area contributed by atoms with Gasteiger partial charge in [0, 0.05) is 13.1 Å². The number of ether oxygens (including phenoxy) is 1. The second-order valence-electron chi connectivity index (χ2n) is 7.09. The molecule has 10 heteroatoms. The van der Waals surface area contributed by atoms with Gasteiger partial charge in [-0.3, -0.25) is 4.79 Å². The molecule has 0 N–H and O–H groups in total. The Balaban J connectivity index is 1.61. The molecule has 0 saturated carbocycles. The average molecular weight is 452 g/mol. The van der Waals surface area contributed by atoms with E-state index in [-0.39, 0.29) is 32.5 Å². The van der Waals surface area contributed by atoms with Crippen LogP contribution in [0.2, 0.25) is 0 Å². The maximum Gasteiger partial charge on any atom is 0.417 e. The highest BCUT2D eigenvalue weighted by atomic mass is 32.2. The number of hydrogen-bond acceptors (Lipinski definition) is 5. The molecule has 1 saturated heterocycles. The number of nitrogens with zero attached hydrogens (tertiary/aromatic N) is 2. The van der Waals surface area contributed by atoms with Crippen LogP contribution in [0.5, 0.6) is 0 Å². The summed E-state index contributed by atoms with van der Waals surface area (Å²) < 4.78 is 71.5. The van der Waals surface area contributed by atoms with Crippen LogP contribution in [0.25, 0.3) is 0 Å². The normalized spacial score (nSPS) is 15.9.